The molecule has 3 aromatic rings. The van der Waals surface area contributed by atoms with E-state index in [0.29, 0.717) is 10.7 Å². The Morgan fingerprint density at radius 2 is 1.73 bits per heavy atom. The van der Waals surface area contributed by atoms with Crippen LogP contribution >= 0.6 is 47.3 Å². The Balaban J connectivity index is 1.46. The first kappa shape index (κ1) is 22.2. The van der Waals surface area contributed by atoms with Gasteiger partial charge in [-0.05, 0) is 42.5 Å². The van der Waals surface area contributed by atoms with E-state index < -0.39 is 11.7 Å². The first-order valence-corrected chi connectivity index (χ1v) is 12.2. The molecule has 2 aliphatic rings. The van der Waals surface area contributed by atoms with Crippen molar-refractivity contribution in [2.45, 2.75) is 9.79 Å². The Kier molecular flexibility index (Phi) is 6.01. The Morgan fingerprint density at radius 3 is 2.55 bits per heavy atom. The zero-order valence-corrected chi connectivity index (χ0v) is 20.0. The molecule has 164 valence electrons. The third kappa shape index (κ3) is 4.19. The maximum absolute atomic E-state index is 14.0. The lowest BCUT2D eigenvalue weighted by atomic mass is 10.2. The molecule has 0 atom stereocenters. The van der Waals surface area contributed by atoms with Gasteiger partial charge in [0, 0.05) is 20.4 Å². The number of nitrogens with zero attached hydrogens (tertiary/aromatic N) is 2. The molecule has 4 nitrogen and oxygen atoms in total. The summed E-state index contributed by atoms with van der Waals surface area (Å²) in [5, 5.41) is 0.505. The van der Waals surface area contributed by atoms with E-state index >= 15 is 0 Å². The molecule has 1 fully saturated rings. The quantitative estimate of drug-likeness (QED) is 0.295. The predicted octanol–water partition coefficient (Wildman–Crippen LogP) is 6.51. The molecule has 2 amide bonds. The van der Waals surface area contributed by atoms with Crippen LogP contribution in [0.4, 0.5) is 15.8 Å². The summed E-state index contributed by atoms with van der Waals surface area (Å²) in [4.78, 5) is 31.5. The largest absolute Gasteiger partial charge is 0.283 e. The molecule has 0 bridgehead atoms. The van der Waals surface area contributed by atoms with Crippen molar-refractivity contribution in [1.82, 2.24) is 4.90 Å². The highest BCUT2D eigenvalue weighted by Gasteiger charge is 2.36. The number of benzene rings is 3. The Bertz CT molecular complexity index is 1360. The molecular formula is C24H14ClFN2O2S3. The monoisotopic (exact) mass is 512 g/mol. The number of thioether (sulfide) groups is 1. The maximum Gasteiger partial charge on any atom is 0.266 e. The minimum absolute atomic E-state index is 0.246. The van der Waals surface area contributed by atoms with Crippen molar-refractivity contribution < 1.29 is 14.0 Å². The van der Waals surface area contributed by atoms with Crippen LogP contribution in [0.1, 0.15) is 5.56 Å². The van der Waals surface area contributed by atoms with Crippen molar-refractivity contribution >= 4 is 80.9 Å². The van der Waals surface area contributed by atoms with Gasteiger partial charge in [0.05, 0.1) is 16.3 Å². The Labute approximate surface area is 208 Å². The summed E-state index contributed by atoms with van der Waals surface area (Å²) in [6.07, 6.45) is 1.46. The Hall–Kier alpha value is -2.65. The van der Waals surface area contributed by atoms with E-state index in [1.54, 1.807) is 47.0 Å². The molecule has 0 unspecified atom stereocenters. The number of thiocarbonyl (C=S) groups is 1. The van der Waals surface area contributed by atoms with Gasteiger partial charge in [-0.2, -0.15) is 0 Å². The number of anilines is 2. The predicted molar refractivity (Wildman–Crippen MR) is 135 cm³/mol. The summed E-state index contributed by atoms with van der Waals surface area (Å²) in [5.41, 5.74) is 1.66. The summed E-state index contributed by atoms with van der Waals surface area (Å²) in [5.74, 6) is -1.18. The van der Waals surface area contributed by atoms with Crippen LogP contribution in [0.5, 0.6) is 0 Å². The van der Waals surface area contributed by atoms with Crippen LogP contribution in [0.2, 0.25) is 5.02 Å². The molecule has 0 spiro atoms. The lowest BCUT2D eigenvalue weighted by molar-refractivity contribution is -0.127. The van der Waals surface area contributed by atoms with Crippen LogP contribution in [0.25, 0.3) is 6.08 Å². The number of carbonyl (C=O) groups excluding carboxylic acids is 2. The molecule has 0 radical (unpaired) electrons. The number of rotatable bonds is 3. The van der Waals surface area contributed by atoms with Crippen LogP contribution in [-0.2, 0) is 9.59 Å². The van der Waals surface area contributed by atoms with Crippen molar-refractivity contribution in [3.8, 4) is 0 Å². The minimum Gasteiger partial charge on any atom is -0.283 e. The number of halogens is 2. The standard InChI is InChI=1S/C24H14ClFN2O2S3/c25-15-9-10-20-18(12-15)28(17-7-3-4-8-19(17)32-20)22(29)13-27-23(30)21(33-24(27)31)11-14-5-1-2-6-16(14)26/h1-12H,13H2. The minimum atomic E-state index is -0.435. The van der Waals surface area contributed by atoms with Crippen molar-refractivity contribution in [3.63, 3.8) is 0 Å². The lowest BCUT2D eigenvalue weighted by Gasteiger charge is -2.32. The number of hydrogen-bond donors (Lipinski definition) is 0. The van der Waals surface area contributed by atoms with Gasteiger partial charge >= 0.3 is 0 Å². The van der Waals surface area contributed by atoms with Crippen LogP contribution in [0.15, 0.2) is 81.4 Å². The summed E-state index contributed by atoms with van der Waals surface area (Å²) in [6, 6.07) is 19.1. The third-order valence-corrected chi connectivity index (χ3v) is 7.84. The number of para-hydroxylation sites is 1. The van der Waals surface area contributed by atoms with Gasteiger partial charge in [0.25, 0.3) is 11.8 Å². The number of carbonyl (C=O) groups is 2. The second kappa shape index (κ2) is 8.95. The smallest absolute Gasteiger partial charge is 0.266 e. The molecule has 0 aliphatic carbocycles. The van der Waals surface area contributed by atoms with Crippen molar-refractivity contribution in [1.29, 1.82) is 0 Å². The molecular weight excluding hydrogens is 499 g/mol. The summed E-state index contributed by atoms with van der Waals surface area (Å²) in [6.45, 7) is -0.246. The van der Waals surface area contributed by atoms with Gasteiger partial charge in [-0.15, -0.1) is 0 Å². The van der Waals surface area contributed by atoms with Gasteiger partial charge in [-0.25, -0.2) is 4.39 Å². The highest BCUT2D eigenvalue weighted by Crippen LogP contribution is 2.49. The van der Waals surface area contributed by atoms with E-state index in [1.165, 1.54) is 17.0 Å². The summed E-state index contributed by atoms with van der Waals surface area (Å²) in [7, 11) is 0. The molecule has 9 heteroatoms. The molecule has 5 rings (SSSR count). The van der Waals surface area contributed by atoms with Gasteiger partial charge in [-0.3, -0.25) is 19.4 Å². The van der Waals surface area contributed by atoms with Gasteiger partial charge in [0.1, 0.15) is 16.7 Å². The molecule has 2 heterocycles. The van der Waals surface area contributed by atoms with E-state index in [2.05, 4.69) is 0 Å². The van der Waals surface area contributed by atoms with Gasteiger partial charge in [-0.1, -0.05) is 77.7 Å². The zero-order valence-electron chi connectivity index (χ0n) is 16.8. The SMILES string of the molecule is O=C1C(=Cc2ccccc2F)SC(=S)N1CC(=O)N1c2ccccc2Sc2ccc(Cl)cc21. The molecule has 2 aliphatic heterocycles. The molecule has 0 saturated carbocycles. The average molecular weight is 513 g/mol. The molecule has 1 saturated heterocycles. The van der Waals surface area contributed by atoms with Crippen molar-refractivity contribution in [2.75, 3.05) is 11.4 Å². The summed E-state index contributed by atoms with van der Waals surface area (Å²) >= 11 is 14.2. The maximum atomic E-state index is 14.0. The van der Waals surface area contributed by atoms with Gasteiger partial charge in [0.2, 0.25) is 0 Å². The number of amides is 2. The second-order valence-corrected chi connectivity index (χ2v) is 10.4. The first-order valence-electron chi connectivity index (χ1n) is 9.81. The van der Waals surface area contributed by atoms with E-state index in [1.807, 2.05) is 30.3 Å². The number of hydrogen-bond acceptors (Lipinski definition) is 5. The van der Waals surface area contributed by atoms with Crippen LogP contribution in [0.3, 0.4) is 0 Å². The number of fused-ring (bicyclic) bond motifs is 2. The van der Waals surface area contributed by atoms with E-state index in [9.17, 15) is 14.0 Å². The molecule has 3 aromatic carbocycles. The highest BCUT2D eigenvalue weighted by molar-refractivity contribution is 8.26. The van der Waals surface area contributed by atoms with Crippen molar-refractivity contribution in [3.05, 3.63) is 88.0 Å². The molecule has 0 N–H and O–H groups in total. The topological polar surface area (TPSA) is 40.6 Å². The molecule has 0 aromatic heterocycles. The molecule has 33 heavy (non-hydrogen) atoms. The highest BCUT2D eigenvalue weighted by atomic mass is 35.5. The van der Waals surface area contributed by atoms with Crippen LogP contribution in [-0.4, -0.2) is 27.6 Å². The zero-order chi connectivity index (χ0) is 23.1. The third-order valence-electron chi connectivity index (χ3n) is 5.10. The van der Waals surface area contributed by atoms with Gasteiger partial charge in [0.15, 0.2) is 0 Å². The van der Waals surface area contributed by atoms with Crippen LogP contribution in [0, 0.1) is 5.82 Å². The normalized spacial score (nSPS) is 16.2. The average Bonchev–Trinajstić information content (AvgIpc) is 3.06. The first-order chi connectivity index (χ1) is 15.9. The fourth-order valence-corrected chi connectivity index (χ4v) is 6.02. The lowest BCUT2D eigenvalue weighted by Crippen LogP contribution is -2.41. The van der Waals surface area contributed by atoms with E-state index in [-0.39, 0.29) is 27.2 Å². The summed E-state index contributed by atoms with van der Waals surface area (Å²) < 4.78 is 14.3. The fraction of sp³-hybridized carbons (Fsp3) is 0.0417. The Morgan fingerprint density at radius 1 is 1.00 bits per heavy atom. The van der Waals surface area contributed by atoms with E-state index in [4.69, 9.17) is 23.8 Å². The van der Waals surface area contributed by atoms with Crippen LogP contribution < -0.4 is 4.90 Å². The second-order valence-electron chi connectivity index (χ2n) is 7.20. The van der Waals surface area contributed by atoms with E-state index in [0.717, 1.165) is 27.2 Å². The fourth-order valence-electron chi connectivity index (χ4n) is 3.57. The van der Waals surface area contributed by atoms with Gasteiger partial charge < -0.3 is 0 Å². The van der Waals surface area contributed by atoms with Crippen molar-refractivity contribution in [2.24, 2.45) is 0 Å².